The van der Waals surface area contributed by atoms with Gasteiger partial charge in [-0.1, -0.05) is 0 Å². The molecule has 0 aliphatic carbocycles. The van der Waals surface area contributed by atoms with E-state index in [0.29, 0.717) is 6.61 Å². The van der Waals surface area contributed by atoms with Crippen LogP contribution < -0.4 is 10.6 Å². The highest BCUT2D eigenvalue weighted by molar-refractivity contribution is 5.79. The molecule has 1 aromatic heterocycles. The molecule has 0 unspecified atom stereocenters. The van der Waals surface area contributed by atoms with E-state index < -0.39 is 0 Å². The summed E-state index contributed by atoms with van der Waals surface area (Å²) in [6.45, 7) is 2.33. The Morgan fingerprint density at radius 1 is 1.44 bits per heavy atom. The molecule has 6 heteroatoms. The standard InChI is InChI=1S/C12H23N5O/c1-13-12(15-7-8-18-3)14-6-4-5-11-9-16-17(2)10-11/h9-10H,4-8H2,1-3H3,(H2,13,14,15). The topological polar surface area (TPSA) is 63.5 Å². The summed E-state index contributed by atoms with van der Waals surface area (Å²) in [7, 11) is 5.39. The van der Waals surface area contributed by atoms with Crippen LogP contribution in [0.5, 0.6) is 0 Å². The fraction of sp³-hybridized carbons (Fsp3) is 0.667. The molecule has 0 atom stereocenters. The molecular weight excluding hydrogens is 230 g/mol. The van der Waals surface area contributed by atoms with Gasteiger partial charge in [-0.2, -0.15) is 5.10 Å². The van der Waals surface area contributed by atoms with Gasteiger partial charge in [0.2, 0.25) is 0 Å². The van der Waals surface area contributed by atoms with Crippen LogP contribution in [0.3, 0.4) is 0 Å². The average molecular weight is 253 g/mol. The first kappa shape index (κ1) is 14.5. The van der Waals surface area contributed by atoms with Crippen LogP contribution in [0.2, 0.25) is 0 Å². The minimum atomic E-state index is 0.677. The molecule has 2 N–H and O–H groups in total. The zero-order chi connectivity index (χ0) is 13.2. The van der Waals surface area contributed by atoms with Crippen molar-refractivity contribution in [2.45, 2.75) is 12.8 Å². The lowest BCUT2D eigenvalue weighted by molar-refractivity contribution is 0.203. The Hall–Kier alpha value is -1.56. The van der Waals surface area contributed by atoms with Crippen molar-refractivity contribution in [2.75, 3.05) is 33.9 Å². The van der Waals surface area contributed by atoms with E-state index in [2.05, 4.69) is 20.7 Å². The Balaban J connectivity index is 2.12. The van der Waals surface area contributed by atoms with Crippen molar-refractivity contribution < 1.29 is 4.74 Å². The Labute approximate surface area is 108 Å². The Morgan fingerprint density at radius 2 is 2.22 bits per heavy atom. The van der Waals surface area contributed by atoms with Crippen LogP contribution in [0.4, 0.5) is 0 Å². The first-order valence-corrected chi connectivity index (χ1v) is 6.17. The molecule has 0 radical (unpaired) electrons. The predicted molar refractivity (Wildman–Crippen MR) is 72.8 cm³/mol. The first-order chi connectivity index (χ1) is 8.76. The van der Waals surface area contributed by atoms with Gasteiger partial charge in [-0.25, -0.2) is 0 Å². The second-order valence-electron chi connectivity index (χ2n) is 4.04. The van der Waals surface area contributed by atoms with Crippen molar-refractivity contribution in [2.24, 2.45) is 12.0 Å². The molecule has 0 saturated carbocycles. The lowest BCUT2D eigenvalue weighted by Crippen LogP contribution is -2.39. The molecule has 1 heterocycles. The highest BCUT2D eigenvalue weighted by atomic mass is 16.5. The maximum Gasteiger partial charge on any atom is 0.191 e. The number of ether oxygens (including phenoxy) is 1. The number of aliphatic imine (C=N–C) groups is 1. The van der Waals surface area contributed by atoms with Gasteiger partial charge in [-0.3, -0.25) is 9.67 Å². The molecule has 0 aliphatic heterocycles. The van der Waals surface area contributed by atoms with Gasteiger partial charge in [0, 0.05) is 40.5 Å². The minimum absolute atomic E-state index is 0.677. The van der Waals surface area contributed by atoms with E-state index >= 15 is 0 Å². The smallest absolute Gasteiger partial charge is 0.191 e. The zero-order valence-corrected chi connectivity index (χ0v) is 11.4. The number of aryl methyl sites for hydroxylation is 2. The number of guanidine groups is 1. The summed E-state index contributed by atoms with van der Waals surface area (Å²) in [5.41, 5.74) is 1.27. The van der Waals surface area contributed by atoms with Crippen molar-refractivity contribution >= 4 is 5.96 Å². The van der Waals surface area contributed by atoms with Crippen LogP contribution in [0.15, 0.2) is 17.4 Å². The normalized spacial score (nSPS) is 11.6. The zero-order valence-electron chi connectivity index (χ0n) is 11.4. The predicted octanol–water partition coefficient (Wildman–Crippen LogP) is 0.164. The van der Waals surface area contributed by atoms with Crippen LogP contribution in [-0.2, 0) is 18.2 Å². The fourth-order valence-corrected chi connectivity index (χ4v) is 1.59. The number of nitrogens with zero attached hydrogens (tertiary/aromatic N) is 3. The number of aromatic nitrogens is 2. The van der Waals surface area contributed by atoms with Crippen LogP contribution in [0.1, 0.15) is 12.0 Å². The molecule has 6 nitrogen and oxygen atoms in total. The second-order valence-corrected chi connectivity index (χ2v) is 4.04. The number of hydrogen-bond acceptors (Lipinski definition) is 3. The van der Waals surface area contributed by atoms with E-state index in [0.717, 1.165) is 31.9 Å². The van der Waals surface area contributed by atoms with E-state index in [-0.39, 0.29) is 0 Å². The molecule has 0 amide bonds. The van der Waals surface area contributed by atoms with Crippen molar-refractivity contribution in [3.63, 3.8) is 0 Å². The summed E-state index contributed by atoms with van der Waals surface area (Å²) in [4.78, 5) is 4.13. The maximum absolute atomic E-state index is 4.97. The lowest BCUT2D eigenvalue weighted by atomic mass is 10.2. The van der Waals surface area contributed by atoms with Crippen LogP contribution in [0.25, 0.3) is 0 Å². The van der Waals surface area contributed by atoms with Crippen molar-refractivity contribution in [3.8, 4) is 0 Å². The van der Waals surface area contributed by atoms with Gasteiger partial charge in [-0.05, 0) is 18.4 Å². The molecule has 0 bridgehead atoms. The molecule has 0 aromatic carbocycles. The summed E-state index contributed by atoms with van der Waals surface area (Å²) in [5, 5.41) is 10.6. The third kappa shape index (κ3) is 5.67. The fourth-order valence-electron chi connectivity index (χ4n) is 1.59. The van der Waals surface area contributed by atoms with Gasteiger partial charge in [0.15, 0.2) is 5.96 Å². The molecule has 1 aromatic rings. The quantitative estimate of drug-likeness (QED) is 0.413. The van der Waals surface area contributed by atoms with E-state index in [4.69, 9.17) is 4.74 Å². The van der Waals surface area contributed by atoms with Gasteiger partial charge in [-0.15, -0.1) is 0 Å². The Morgan fingerprint density at radius 3 is 2.83 bits per heavy atom. The third-order valence-electron chi connectivity index (χ3n) is 2.52. The number of methoxy groups -OCH3 is 1. The minimum Gasteiger partial charge on any atom is -0.383 e. The SMILES string of the molecule is CN=C(NCCCc1cnn(C)c1)NCCOC. The van der Waals surface area contributed by atoms with Crippen molar-refractivity contribution in [3.05, 3.63) is 18.0 Å². The monoisotopic (exact) mass is 253 g/mol. The Bertz CT molecular complexity index is 361. The van der Waals surface area contributed by atoms with Gasteiger partial charge in [0.05, 0.1) is 12.8 Å². The van der Waals surface area contributed by atoms with E-state index in [1.54, 1.807) is 14.2 Å². The van der Waals surface area contributed by atoms with Gasteiger partial charge < -0.3 is 15.4 Å². The van der Waals surface area contributed by atoms with Crippen LogP contribution >= 0.6 is 0 Å². The molecule has 18 heavy (non-hydrogen) atoms. The van der Waals surface area contributed by atoms with E-state index in [9.17, 15) is 0 Å². The summed E-state index contributed by atoms with van der Waals surface area (Å²) >= 11 is 0. The summed E-state index contributed by atoms with van der Waals surface area (Å²) < 4.78 is 6.80. The molecule has 0 fully saturated rings. The largest absolute Gasteiger partial charge is 0.383 e. The molecule has 1 rings (SSSR count). The van der Waals surface area contributed by atoms with E-state index in [1.165, 1.54) is 5.56 Å². The number of rotatable bonds is 7. The summed E-state index contributed by atoms with van der Waals surface area (Å²) in [6.07, 6.45) is 6.03. The van der Waals surface area contributed by atoms with Crippen LogP contribution in [-0.4, -0.2) is 49.6 Å². The van der Waals surface area contributed by atoms with Crippen molar-refractivity contribution in [1.29, 1.82) is 0 Å². The van der Waals surface area contributed by atoms with Gasteiger partial charge in [0.25, 0.3) is 0 Å². The van der Waals surface area contributed by atoms with Gasteiger partial charge in [0.1, 0.15) is 0 Å². The molecule has 102 valence electrons. The summed E-state index contributed by atoms with van der Waals surface area (Å²) in [5.74, 6) is 0.818. The number of hydrogen-bond donors (Lipinski definition) is 2. The first-order valence-electron chi connectivity index (χ1n) is 6.17. The molecular formula is C12H23N5O. The molecule has 0 spiro atoms. The van der Waals surface area contributed by atoms with Gasteiger partial charge >= 0.3 is 0 Å². The molecule has 0 aliphatic rings. The van der Waals surface area contributed by atoms with Crippen LogP contribution in [0, 0.1) is 0 Å². The Kier molecular flexibility index (Phi) is 6.86. The highest BCUT2D eigenvalue weighted by Gasteiger charge is 1.98. The highest BCUT2D eigenvalue weighted by Crippen LogP contribution is 1.99. The average Bonchev–Trinajstić information content (AvgIpc) is 2.78. The lowest BCUT2D eigenvalue weighted by Gasteiger charge is -2.10. The molecule has 0 saturated heterocycles. The third-order valence-corrected chi connectivity index (χ3v) is 2.52. The van der Waals surface area contributed by atoms with Crippen molar-refractivity contribution in [1.82, 2.24) is 20.4 Å². The second kappa shape index (κ2) is 8.52. The summed E-state index contributed by atoms with van der Waals surface area (Å²) in [6, 6.07) is 0. The maximum atomic E-state index is 4.97. The van der Waals surface area contributed by atoms with E-state index in [1.807, 2.05) is 24.1 Å². The number of nitrogens with one attached hydrogen (secondary N) is 2.